The standard InChI is InChI=1S/C45H26N4OS/c1-2-11-27(12-3-1)43-46-44(48-45(47-43)49-36-17-7-4-13-31(36)32-14-5-8-18-37(32)49)29-21-23-33-35-25-28(22-24-38(35)50-39(33)26-29)30-16-10-20-41-42(30)34-15-6-9-19-40(34)51-41/h1-26H. The molecule has 0 bridgehead atoms. The highest BCUT2D eigenvalue weighted by Crippen LogP contribution is 2.42. The Kier molecular flexibility index (Phi) is 6.05. The van der Waals surface area contributed by atoms with Gasteiger partial charge in [0, 0.05) is 52.8 Å². The molecule has 11 rings (SSSR count). The molecule has 0 unspecified atom stereocenters. The fourth-order valence-electron chi connectivity index (χ4n) is 7.55. The van der Waals surface area contributed by atoms with E-state index < -0.39 is 0 Å². The largest absolute Gasteiger partial charge is 0.456 e. The number of benzene rings is 7. The lowest BCUT2D eigenvalue weighted by Gasteiger charge is -2.10. The maximum absolute atomic E-state index is 6.51. The second-order valence-corrected chi connectivity index (χ2v) is 13.9. The predicted molar refractivity (Wildman–Crippen MR) is 211 cm³/mol. The zero-order chi connectivity index (χ0) is 33.5. The number of nitrogens with zero attached hydrogens (tertiary/aromatic N) is 4. The Morgan fingerprint density at radius 2 is 1.10 bits per heavy atom. The number of hydrogen-bond donors (Lipinski definition) is 0. The molecular weight excluding hydrogens is 645 g/mol. The molecule has 0 fully saturated rings. The first-order valence-electron chi connectivity index (χ1n) is 16.9. The fourth-order valence-corrected chi connectivity index (χ4v) is 8.68. The molecule has 0 saturated heterocycles. The topological polar surface area (TPSA) is 56.7 Å². The molecule has 0 aliphatic carbocycles. The summed E-state index contributed by atoms with van der Waals surface area (Å²) in [5, 5.41) is 7.04. The van der Waals surface area contributed by atoms with Gasteiger partial charge in [0.1, 0.15) is 11.2 Å². The van der Waals surface area contributed by atoms with E-state index in [4.69, 9.17) is 19.4 Å². The molecule has 4 aromatic heterocycles. The van der Waals surface area contributed by atoms with Crippen molar-refractivity contribution in [1.82, 2.24) is 19.5 Å². The van der Waals surface area contributed by atoms with Crippen LogP contribution >= 0.6 is 11.3 Å². The van der Waals surface area contributed by atoms with E-state index in [9.17, 15) is 0 Å². The number of para-hydroxylation sites is 2. The summed E-state index contributed by atoms with van der Waals surface area (Å²) in [5.41, 5.74) is 7.91. The van der Waals surface area contributed by atoms with Crippen molar-refractivity contribution in [1.29, 1.82) is 0 Å². The molecule has 0 N–H and O–H groups in total. The van der Waals surface area contributed by atoms with Crippen LogP contribution in [0.5, 0.6) is 0 Å². The van der Waals surface area contributed by atoms with Crippen molar-refractivity contribution in [3.05, 3.63) is 158 Å². The number of thiophene rings is 1. The summed E-state index contributed by atoms with van der Waals surface area (Å²) in [6.07, 6.45) is 0. The van der Waals surface area contributed by atoms with Crippen LogP contribution in [0, 0.1) is 0 Å². The van der Waals surface area contributed by atoms with Crippen molar-refractivity contribution in [2.75, 3.05) is 0 Å². The maximum Gasteiger partial charge on any atom is 0.238 e. The smallest absolute Gasteiger partial charge is 0.238 e. The summed E-state index contributed by atoms with van der Waals surface area (Å²) in [6.45, 7) is 0. The van der Waals surface area contributed by atoms with Crippen LogP contribution < -0.4 is 0 Å². The van der Waals surface area contributed by atoms with Crippen LogP contribution in [-0.4, -0.2) is 19.5 Å². The Morgan fingerprint density at radius 3 is 1.90 bits per heavy atom. The van der Waals surface area contributed by atoms with Crippen LogP contribution in [0.3, 0.4) is 0 Å². The van der Waals surface area contributed by atoms with Gasteiger partial charge in [0.15, 0.2) is 11.6 Å². The zero-order valence-electron chi connectivity index (χ0n) is 27.1. The van der Waals surface area contributed by atoms with E-state index in [1.54, 1.807) is 0 Å². The number of rotatable bonds is 4. The molecule has 0 spiro atoms. The summed E-state index contributed by atoms with van der Waals surface area (Å²) in [4.78, 5) is 15.2. The van der Waals surface area contributed by atoms with Gasteiger partial charge in [-0.2, -0.15) is 9.97 Å². The summed E-state index contributed by atoms with van der Waals surface area (Å²) >= 11 is 1.84. The van der Waals surface area contributed by atoms with Crippen LogP contribution in [0.1, 0.15) is 0 Å². The molecule has 0 aliphatic rings. The van der Waals surface area contributed by atoms with Crippen molar-refractivity contribution in [2.45, 2.75) is 0 Å². The van der Waals surface area contributed by atoms with E-state index in [1.807, 2.05) is 41.7 Å². The highest BCUT2D eigenvalue weighted by Gasteiger charge is 2.19. The molecule has 0 aliphatic heterocycles. The molecule has 11 aromatic rings. The van der Waals surface area contributed by atoms with E-state index in [-0.39, 0.29) is 0 Å². The van der Waals surface area contributed by atoms with Crippen molar-refractivity contribution >= 4 is 75.3 Å². The van der Waals surface area contributed by atoms with Crippen LogP contribution in [0.2, 0.25) is 0 Å². The minimum absolute atomic E-state index is 0.570. The quantitative estimate of drug-likeness (QED) is 0.187. The van der Waals surface area contributed by atoms with Gasteiger partial charge in [0.2, 0.25) is 5.95 Å². The average Bonchev–Trinajstić information content (AvgIpc) is 3.87. The molecule has 6 heteroatoms. The van der Waals surface area contributed by atoms with Crippen molar-refractivity contribution in [3.63, 3.8) is 0 Å². The van der Waals surface area contributed by atoms with E-state index >= 15 is 0 Å². The van der Waals surface area contributed by atoms with Gasteiger partial charge in [-0.05, 0) is 59.7 Å². The Balaban J connectivity index is 1.09. The first-order valence-corrected chi connectivity index (χ1v) is 17.8. The predicted octanol–water partition coefficient (Wildman–Crippen LogP) is 12.2. The molecule has 5 nitrogen and oxygen atoms in total. The maximum atomic E-state index is 6.51. The number of hydrogen-bond acceptors (Lipinski definition) is 5. The van der Waals surface area contributed by atoms with Gasteiger partial charge in [0.25, 0.3) is 0 Å². The van der Waals surface area contributed by atoms with Crippen molar-refractivity contribution in [2.24, 2.45) is 0 Å². The Bertz CT molecular complexity index is 3100. The Morgan fingerprint density at radius 1 is 0.431 bits per heavy atom. The van der Waals surface area contributed by atoms with Gasteiger partial charge < -0.3 is 4.42 Å². The summed E-state index contributed by atoms with van der Waals surface area (Å²) in [7, 11) is 0. The van der Waals surface area contributed by atoms with E-state index in [0.29, 0.717) is 17.6 Å². The van der Waals surface area contributed by atoms with Crippen molar-refractivity contribution < 1.29 is 4.42 Å². The number of aromatic nitrogens is 4. The fraction of sp³-hybridized carbons (Fsp3) is 0. The molecule has 0 saturated carbocycles. The second-order valence-electron chi connectivity index (χ2n) is 12.8. The van der Waals surface area contributed by atoms with Crippen LogP contribution in [0.4, 0.5) is 0 Å². The molecule has 0 radical (unpaired) electrons. The van der Waals surface area contributed by atoms with Crippen LogP contribution in [-0.2, 0) is 0 Å². The summed E-state index contributed by atoms with van der Waals surface area (Å²) < 4.78 is 11.2. The van der Waals surface area contributed by atoms with Gasteiger partial charge >= 0.3 is 0 Å². The molecular formula is C45H26N4OS. The van der Waals surface area contributed by atoms with E-state index in [0.717, 1.165) is 54.9 Å². The van der Waals surface area contributed by atoms with Crippen LogP contribution in [0.15, 0.2) is 162 Å². The Labute approximate surface area is 295 Å². The van der Waals surface area contributed by atoms with Gasteiger partial charge in [-0.25, -0.2) is 4.98 Å². The third kappa shape index (κ3) is 4.37. The van der Waals surface area contributed by atoms with E-state index in [1.165, 1.54) is 31.3 Å². The number of furan rings is 1. The van der Waals surface area contributed by atoms with Gasteiger partial charge in [-0.3, -0.25) is 4.57 Å². The lowest BCUT2D eigenvalue weighted by atomic mass is 9.98. The normalized spacial score (nSPS) is 11.9. The molecule has 4 heterocycles. The zero-order valence-corrected chi connectivity index (χ0v) is 27.9. The van der Waals surface area contributed by atoms with Crippen LogP contribution in [0.25, 0.3) is 104 Å². The highest BCUT2D eigenvalue weighted by molar-refractivity contribution is 7.25. The molecule has 238 valence electrons. The first-order chi connectivity index (χ1) is 25.3. The average molecular weight is 671 g/mol. The molecule has 51 heavy (non-hydrogen) atoms. The third-order valence-corrected chi connectivity index (χ3v) is 11.0. The third-order valence-electron chi connectivity index (χ3n) is 9.88. The molecule has 0 atom stereocenters. The SMILES string of the molecule is c1ccc(-c2nc(-c3ccc4c(c3)oc3ccc(-c5cccc6sc7ccccc7c56)cc34)nc(-n3c4ccccc4c4ccccc43)n2)cc1. The molecule has 7 aromatic carbocycles. The lowest BCUT2D eigenvalue weighted by Crippen LogP contribution is -2.06. The van der Waals surface area contributed by atoms with E-state index in [2.05, 4.69) is 132 Å². The lowest BCUT2D eigenvalue weighted by molar-refractivity contribution is 0.669. The molecule has 0 amide bonds. The van der Waals surface area contributed by atoms with Gasteiger partial charge in [-0.15, -0.1) is 11.3 Å². The van der Waals surface area contributed by atoms with Crippen molar-refractivity contribution in [3.8, 4) is 39.9 Å². The minimum atomic E-state index is 0.570. The second kappa shape index (κ2) is 10.9. The monoisotopic (exact) mass is 670 g/mol. The number of fused-ring (bicyclic) bond motifs is 9. The highest BCUT2D eigenvalue weighted by atomic mass is 32.1. The van der Waals surface area contributed by atoms with Gasteiger partial charge in [-0.1, -0.05) is 109 Å². The Hall–Kier alpha value is -6.63. The first kappa shape index (κ1) is 28.2. The minimum Gasteiger partial charge on any atom is -0.456 e. The summed E-state index contributed by atoms with van der Waals surface area (Å²) in [6, 6.07) is 55.0. The summed E-state index contributed by atoms with van der Waals surface area (Å²) in [5.74, 6) is 1.77. The van der Waals surface area contributed by atoms with Gasteiger partial charge in [0.05, 0.1) is 11.0 Å².